The fraction of sp³-hybridized carbons (Fsp3) is 0.222. The topological polar surface area (TPSA) is 50.7 Å². The van der Waals surface area contributed by atoms with Gasteiger partial charge < -0.3 is 5.32 Å². The van der Waals surface area contributed by atoms with Gasteiger partial charge in [0, 0.05) is 6.54 Å². The van der Waals surface area contributed by atoms with E-state index < -0.39 is 0 Å². The van der Waals surface area contributed by atoms with Gasteiger partial charge in [-0.15, -0.1) is 10.2 Å². The van der Waals surface area contributed by atoms with E-state index in [1.807, 2.05) is 25.1 Å². The summed E-state index contributed by atoms with van der Waals surface area (Å²) in [4.78, 5) is 4.43. The van der Waals surface area contributed by atoms with E-state index in [9.17, 15) is 0 Å². The van der Waals surface area contributed by atoms with Gasteiger partial charge in [0.1, 0.15) is 16.4 Å². The Morgan fingerprint density at radius 1 is 1.47 bits per heavy atom. The highest BCUT2D eigenvalue weighted by atomic mass is 32.2. The van der Waals surface area contributed by atoms with Gasteiger partial charge in [0.25, 0.3) is 0 Å². The summed E-state index contributed by atoms with van der Waals surface area (Å²) in [6.07, 6.45) is 0. The van der Waals surface area contributed by atoms with Gasteiger partial charge in [-0.2, -0.15) is 0 Å². The van der Waals surface area contributed by atoms with Gasteiger partial charge in [0.15, 0.2) is 4.34 Å². The molecule has 2 aromatic rings. The van der Waals surface area contributed by atoms with Crippen molar-refractivity contribution in [1.29, 1.82) is 0 Å². The predicted molar refractivity (Wildman–Crippen MR) is 62.4 cm³/mol. The molecule has 0 aliphatic rings. The summed E-state index contributed by atoms with van der Waals surface area (Å²) >= 11 is 3.05. The van der Waals surface area contributed by atoms with Crippen LogP contribution in [0.15, 0.2) is 33.1 Å². The zero-order chi connectivity index (χ0) is 10.5. The number of nitrogens with zero attached hydrogens (tertiary/aromatic N) is 3. The number of pyridine rings is 1. The molecule has 2 heterocycles. The maximum Gasteiger partial charge on any atom is 0.180 e. The highest BCUT2D eigenvalue weighted by Crippen LogP contribution is 2.27. The molecule has 0 unspecified atom stereocenters. The molecule has 78 valence electrons. The molecule has 2 aromatic heterocycles. The number of anilines is 1. The quantitative estimate of drug-likeness (QED) is 0.887. The molecule has 4 nitrogen and oxygen atoms in total. The molecule has 0 amide bonds. The van der Waals surface area contributed by atoms with E-state index >= 15 is 0 Å². The van der Waals surface area contributed by atoms with E-state index in [0.717, 1.165) is 21.7 Å². The molecule has 6 heteroatoms. The van der Waals surface area contributed by atoms with Gasteiger partial charge in [0.05, 0.1) is 0 Å². The Labute approximate surface area is 96.2 Å². The second-order valence-corrected chi connectivity index (χ2v) is 4.80. The smallest absolute Gasteiger partial charge is 0.180 e. The standard InChI is InChI=1S/C9H10N4S2/c1-2-10-7-4-3-5-8(12-7)15-9-13-11-6-14-9/h3-6H,2H2,1H3,(H,10,12). The van der Waals surface area contributed by atoms with Gasteiger partial charge in [-0.05, 0) is 30.8 Å². The number of rotatable bonds is 4. The van der Waals surface area contributed by atoms with E-state index in [1.165, 1.54) is 23.1 Å². The Hall–Kier alpha value is -1.14. The maximum absolute atomic E-state index is 4.43. The lowest BCUT2D eigenvalue weighted by molar-refractivity contribution is 1.00. The molecule has 0 spiro atoms. The molecule has 0 aliphatic carbocycles. The highest BCUT2D eigenvalue weighted by molar-refractivity contribution is 8.00. The zero-order valence-electron chi connectivity index (χ0n) is 8.17. The molecule has 0 atom stereocenters. The number of hydrogen-bond donors (Lipinski definition) is 1. The molecule has 0 fully saturated rings. The van der Waals surface area contributed by atoms with Crippen molar-refractivity contribution < 1.29 is 0 Å². The lowest BCUT2D eigenvalue weighted by atomic mass is 10.4. The third-order valence-electron chi connectivity index (χ3n) is 1.61. The van der Waals surface area contributed by atoms with Crippen molar-refractivity contribution in [1.82, 2.24) is 15.2 Å². The first-order chi connectivity index (χ1) is 7.38. The van der Waals surface area contributed by atoms with Crippen LogP contribution in [0.5, 0.6) is 0 Å². The van der Waals surface area contributed by atoms with Crippen LogP contribution in [0.25, 0.3) is 0 Å². The molecule has 0 saturated heterocycles. The van der Waals surface area contributed by atoms with Crippen molar-refractivity contribution in [3.8, 4) is 0 Å². The van der Waals surface area contributed by atoms with Crippen LogP contribution in [0.1, 0.15) is 6.92 Å². The van der Waals surface area contributed by atoms with Crippen molar-refractivity contribution in [2.24, 2.45) is 0 Å². The van der Waals surface area contributed by atoms with Crippen molar-refractivity contribution in [2.45, 2.75) is 16.3 Å². The Morgan fingerprint density at radius 3 is 3.13 bits per heavy atom. The minimum absolute atomic E-state index is 0.875. The molecular formula is C9H10N4S2. The largest absolute Gasteiger partial charge is 0.370 e. The zero-order valence-corrected chi connectivity index (χ0v) is 9.81. The summed E-state index contributed by atoms with van der Waals surface area (Å²) in [5, 5.41) is 11.8. The minimum atomic E-state index is 0.875. The van der Waals surface area contributed by atoms with E-state index in [-0.39, 0.29) is 0 Å². The summed E-state index contributed by atoms with van der Waals surface area (Å²) < 4.78 is 0.913. The minimum Gasteiger partial charge on any atom is -0.370 e. The molecular weight excluding hydrogens is 228 g/mol. The van der Waals surface area contributed by atoms with Crippen LogP contribution in [-0.2, 0) is 0 Å². The molecule has 2 rings (SSSR count). The van der Waals surface area contributed by atoms with Gasteiger partial charge >= 0.3 is 0 Å². The van der Waals surface area contributed by atoms with Crippen molar-refractivity contribution in [2.75, 3.05) is 11.9 Å². The van der Waals surface area contributed by atoms with Gasteiger partial charge in [-0.25, -0.2) is 4.98 Å². The average Bonchev–Trinajstić information content (AvgIpc) is 2.71. The summed E-state index contributed by atoms with van der Waals surface area (Å²) in [6, 6.07) is 5.90. The maximum atomic E-state index is 4.43. The summed E-state index contributed by atoms with van der Waals surface area (Å²) in [7, 11) is 0. The summed E-state index contributed by atoms with van der Waals surface area (Å²) in [5.41, 5.74) is 1.72. The number of aromatic nitrogens is 3. The highest BCUT2D eigenvalue weighted by Gasteiger charge is 2.02. The first-order valence-electron chi connectivity index (χ1n) is 4.53. The van der Waals surface area contributed by atoms with Crippen LogP contribution in [0.4, 0.5) is 5.82 Å². The van der Waals surface area contributed by atoms with E-state index in [0.29, 0.717) is 0 Å². The Kier molecular flexibility index (Phi) is 3.52. The normalized spacial score (nSPS) is 10.2. The number of nitrogens with one attached hydrogen (secondary N) is 1. The predicted octanol–water partition coefficient (Wildman–Crippen LogP) is 2.52. The molecule has 0 aliphatic heterocycles. The molecule has 0 radical (unpaired) electrons. The third-order valence-corrected chi connectivity index (χ3v) is 3.33. The lowest BCUT2D eigenvalue weighted by Gasteiger charge is -2.02. The van der Waals surface area contributed by atoms with Crippen LogP contribution in [0.3, 0.4) is 0 Å². The van der Waals surface area contributed by atoms with E-state index in [2.05, 4.69) is 20.5 Å². The van der Waals surface area contributed by atoms with Crippen LogP contribution in [0.2, 0.25) is 0 Å². The molecule has 1 N–H and O–H groups in total. The third kappa shape index (κ3) is 2.90. The summed E-state index contributed by atoms with van der Waals surface area (Å²) in [6.45, 7) is 2.92. The van der Waals surface area contributed by atoms with Gasteiger partial charge in [-0.3, -0.25) is 0 Å². The first-order valence-corrected chi connectivity index (χ1v) is 6.23. The van der Waals surface area contributed by atoms with Gasteiger partial charge in [-0.1, -0.05) is 17.4 Å². The molecule has 15 heavy (non-hydrogen) atoms. The van der Waals surface area contributed by atoms with Crippen molar-refractivity contribution in [3.63, 3.8) is 0 Å². The second kappa shape index (κ2) is 5.09. The SMILES string of the molecule is CCNc1cccc(Sc2nncs2)n1. The fourth-order valence-electron chi connectivity index (χ4n) is 1.05. The fourth-order valence-corrected chi connectivity index (χ4v) is 2.46. The van der Waals surface area contributed by atoms with E-state index in [1.54, 1.807) is 5.51 Å². The van der Waals surface area contributed by atoms with Crippen molar-refractivity contribution >= 4 is 28.9 Å². The molecule has 0 saturated carbocycles. The number of hydrogen-bond acceptors (Lipinski definition) is 6. The lowest BCUT2D eigenvalue weighted by Crippen LogP contribution is -1.98. The van der Waals surface area contributed by atoms with Crippen LogP contribution in [0, 0.1) is 0 Å². The molecule has 0 bridgehead atoms. The Bertz CT molecular complexity index is 416. The Balaban J connectivity index is 2.11. The van der Waals surface area contributed by atoms with Gasteiger partial charge in [0.2, 0.25) is 0 Å². The van der Waals surface area contributed by atoms with E-state index in [4.69, 9.17) is 0 Å². The summed E-state index contributed by atoms with van der Waals surface area (Å²) in [5.74, 6) is 0.895. The van der Waals surface area contributed by atoms with Crippen LogP contribution < -0.4 is 5.32 Å². The average molecular weight is 238 g/mol. The first kappa shape index (κ1) is 10.4. The van der Waals surface area contributed by atoms with Crippen molar-refractivity contribution in [3.05, 3.63) is 23.7 Å². The van der Waals surface area contributed by atoms with Crippen LogP contribution in [-0.4, -0.2) is 21.7 Å². The second-order valence-electron chi connectivity index (χ2n) is 2.70. The molecule has 0 aromatic carbocycles. The Morgan fingerprint density at radius 2 is 2.40 bits per heavy atom. The van der Waals surface area contributed by atoms with Crippen LogP contribution >= 0.6 is 23.1 Å². The monoisotopic (exact) mass is 238 g/mol.